The molecule has 1 unspecified atom stereocenters. The van der Waals surface area contributed by atoms with E-state index in [1.807, 2.05) is 6.92 Å². The zero-order valence-corrected chi connectivity index (χ0v) is 12.4. The van der Waals surface area contributed by atoms with Gasteiger partial charge in [0.25, 0.3) is 0 Å². The van der Waals surface area contributed by atoms with E-state index in [0.29, 0.717) is 25.4 Å². The predicted octanol–water partition coefficient (Wildman–Crippen LogP) is 0.879. The van der Waals surface area contributed by atoms with Crippen LogP contribution in [0.25, 0.3) is 0 Å². The summed E-state index contributed by atoms with van der Waals surface area (Å²) in [5, 5.41) is 2.98. The molecule has 2 amide bonds. The standard InChI is InChI=1S/C14H27N3O2/c1-11(2)8-14(3,10-15)16-12(18)9-17-7-5-4-6-13(17)19/h11H,4-10,15H2,1-3H3,(H,16,18). The maximum atomic E-state index is 12.1. The van der Waals surface area contributed by atoms with Crippen molar-refractivity contribution in [3.05, 3.63) is 0 Å². The summed E-state index contributed by atoms with van der Waals surface area (Å²) in [5.41, 5.74) is 5.38. The van der Waals surface area contributed by atoms with Crippen molar-refractivity contribution in [3.8, 4) is 0 Å². The third kappa shape index (κ3) is 5.19. The first kappa shape index (κ1) is 16.0. The lowest BCUT2D eigenvalue weighted by Gasteiger charge is -2.33. The Bertz CT molecular complexity index is 331. The van der Waals surface area contributed by atoms with Crippen LogP contribution < -0.4 is 11.1 Å². The van der Waals surface area contributed by atoms with Crippen molar-refractivity contribution in [1.82, 2.24) is 10.2 Å². The first-order chi connectivity index (χ1) is 8.86. The molecule has 1 saturated heterocycles. The van der Waals surface area contributed by atoms with Gasteiger partial charge in [0.15, 0.2) is 0 Å². The fourth-order valence-electron chi connectivity index (χ4n) is 2.66. The molecular weight excluding hydrogens is 242 g/mol. The Morgan fingerprint density at radius 2 is 2.16 bits per heavy atom. The maximum Gasteiger partial charge on any atom is 0.240 e. The average Bonchev–Trinajstić information content (AvgIpc) is 2.31. The number of carbonyl (C=O) groups is 2. The molecule has 0 aromatic rings. The Morgan fingerprint density at radius 3 is 2.68 bits per heavy atom. The van der Waals surface area contributed by atoms with Gasteiger partial charge >= 0.3 is 0 Å². The molecule has 0 aliphatic carbocycles. The minimum Gasteiger partial charge on any atom is -0.348 e. The zero-order chi connectivity index (χ0) is 14.5. The van der Waals surface area contributed by atoms with E-state index < -0.39 is 0 Å². The van der Waals surface area contributed by atoms with Gasteiger partial charge in [0, 0.05) is 25.0 Å². The van der Waals surface area contributed by atoms with E-state index in [-0.39, 0.29) is 23.9 Å². The van der Waals surface area contributed by atoms with Crippen molar-refractivity contribution >= 4 is 11.8 Å². The molecule has 19 heavy (non-hydrogen) atoms. The van der Waals surface area contributed by atoms with E-state index in [4.69, 9.17) is 5.73 Å². The molecule has 1 atom stereocenters. The molecule has 1 heterocycles. The summed E-state index contributed by atoms with van der Waals surface area (Å²) in [6, 6.07) is 0. The number of amides is 2. The molecule has 0 radical (unpaired) electrons. The van der Waals surface area contributed by atoms with E-state index in [9.17, 15) is 9.59 Å². The Labute approximate surface area is 115 Å². The van der Waals surface area contributed by atoms with Crippen LogP contribution in [0.5, 0.6) is 0 Å². The summed E-state index contributed by atoms with van der Waals surface area (Å²) < 4.78 is 0. The van der Waals surface area contributed by atoms with E-state index >= 15 is 0 Å². The van der Waals surface area contributed by atoms with Crippen LogP contribution in [0.15, 0.2) is 0 Å². The van der Waals surface area contributed by atoms with Crippen LogP contribution in [0.1, 0.15) is 46.5 Å². The van der Waals surface area contributed by atoms with Crippen LogP contribution in [0.2, 0.25) is 0 Å². The highest BCUT2D eigenvalue weighted by Gasteiger charge is 2.27. The Kier molecular flexibility index (Phi) is 5.79. The van der Waals surface area contributed by atoms with Crippen LogP contribution in [0.4, 0.5) is 0 Å². The van der Waals surface area contributed by atoms with E-state index in [0.717, 1.165) is 19.3 Å². The number of piperidine rings is 1. The third-order valence-corrected chi connectivity index (χ3v) is 3.51. The fourth-order valence-corrected chi connectivity index (χ4v) is 2.66. The van der Waals surface area contributed by atoms with Crippen LogP contribution in [0.3, 0.4) is 0 Å². The van der Waals surface area contributed by atoms with Gasteiger partial charge in [0.1, 0.15) is 0 Å². The molecule has 110 valence electrons. The van der Waals surface area contributed by atoms with Crippen molar-refractivity contribution in [2.24, 2.45) is 11.7 Å². The van der Waals surface area contributed by atoms with Crippen molar-refractivity contribution in [3.63, 3.8) is 0 Å². The van der Waals surface area contributed by atoms with E-state index in [1.54, 1.807) is 4.90 Å². The number of rotatable bonds is 6. The first-order valence-corrected chi connectivity index (χ1v) is 7.15. The summed E-state index contributed by atoms with van der Waals surface area (Å²) in [7, 11) is 0. The third-order valence-electron chi connectivity index (χ3n) is 3.51. The highest BCUT2D eigenvalue weighted by Crippen LogP contribution is 2.15. The predicted molar refractivity (Wildman–Crippen MR) is 75.5 cm³/mol. The molecule has 0 aromatic heterocycles. The number of nitrogens with one attached hydrogen (secondary N) is 1. The van der Waals surface area contributed by atoms with Gasteiger partial charge in [-0.1, -0.05) is 13.8 Å². The van der Waals surface area contributed by atoms with Gasteiger partial charge in [-0.3, -0.25) is 9.59 Å². The number of nitrogens with two attached hydrogens (primary N) is 1. The monoisotopic (exact) mass is 269 g/mol. The minimum atomic E-state index is -0.385. The molecule has 3 N–H and O–H groups in total. The highest BCUT2D eigenvalue weighted by molar-refractivity contribution is 5.85. The summed E-state index contributed by atoms with van der Waals surface area (Å²) in [4.78, 5) is 25.4. The maximum absolute atomic E-state index is 12.1. The van der Waals surface area contributed by atoms with Crippen molar-refractivity contribution in [1.29, 1.82) is 0 Å². The SMILES string of the molecule is CC(C)CC(C)(CN)NC(=O)CN1CCCCC1=O. The number of carbonyl (C=O) groups excluding carboxylic acids is 2. The summed E-state index contributed by atoms with van der Waals surface area (Å²) in [6.07, 6.45) is 3.32. The van der Waals surface area contributed by atoms with E-state index in [2.05, 4.69) is 19.2 Å². The van der Waals surface area contributed by atoms with Gasteiger partial charge < -0.3 is 16.0 Å². The van der Waals surface area contributed by atoms with Gasteiger partial charge in [-0.25, -0.2) is 0 Å². The quantitative estimate of drug-likeness (QED) is 0.751. The summed E-state index contributed by atoms with van der Waals surface area (Å²) in [6.45, 7) is 7.43. The fraction of sp³-hybridized carbons (Fsp3) is 0.857. The second kappa shape index (κ2) is 6.89. The lowest BCUT2D eigenvalue weighted by Crippen LogP contribution is -2.55. The number of hydrogen-bond acceptors (Lipinski definition) is 3. The van der Waals surface area contributed by atoms with Crippen LogP contribution in [0, 0.1) is 5.92 Å². The van der Waals surface area contributed by atoms with Crippen LogP contribution >= 0.6 is 0 Å². The van der Waals surface area contributed by atoms with Gasteiger partial charge in [-0.15, -0.1) is 0 Å². The molecule has 0 aromatic carbocycles. The zero-order valence-electron chi connectivity index (χ0n) is 12.4. The van der Waals surface area contributed by atoms with Crippen molar-refractivity contribution in [2.75, 3.05) is 19.6 Å². The molecule has 0 bridgehead atoms. The highest BCUT2D eigenvalue weighted by atomic mass is 16.2. The molecule has 1 fully saturated rings. The second-order valence-electron chi connectivity index (χ2n) is 6.18. The number of likely N-dealkylation sites (tertiary alicyclic amines) is 1. The molecule has 5 nitrogen and oxygen atoms in total. The smallest absolute Gasteiger partial charge is 0.240 e. The topological polar surface area (TPSA) is 75.4 Å². The van der Waals surface area contributed by atoms with Crippen LogP contribution in [-0.2, 0) is 9.59 Å². The second-order valence-corrected chi connectivity index (χ2v) is 6.18. The lowest BCUT2D eigenvalue weighted by molar-refractivity contribution is -0.138. The van der Waals surface area contributed by atoms with Gasteiger partial charge in [-0.05, 0) is 32.1 Å². The van der Waals surface area contributed by atoms with Crippen molar-refractivity contribution in [2.45, 2.75) is 52.0 Å². The largest absolute Gasteiger partial charge is 0.348 e. The molecule has 1 aliphatic heterocycles. The van der Waals surface area contributed by atoms with Gasteiger partial charge in [0.05, 0.1) is 6.54 Å². The normalized spacial score (nSPS) is 19.4. The number of nitrogens with zero attached hydrogens (tertiary/aromatic N) is 1. The Hall–Kier alpha value is -1.10. The van der Waals surface area contributed by atoms with Crippen LogP contribution in [-0.4, -0.2) is 41.9 Å². The van der Waals surface area contributed by atoms with Gasteiger partial charge in [-0.2, -0.15) is 0 Å². The minimum absolute atomic E-state index is 0.0831. The first-order valence-electron chi connectivity index (χ1n) is 7.15. The van der Waals surface area contributed by atoms with Crippen molar-refractivity contribution < 1.29 is 9.59 Å². The Morgan fingerprint density at radius 1 is 1.47 bits per heavy atom. The molecule has 0 spiro atoms. The lowest BCUT2D eigenvalue weighted by atomic mass is 9.90. The molecule has 5 heteroatoms. The van der Waals surface area contributed by atoms with E-state index in [1.165, 1.54) is 0 Å². The molecular formula is C14H27N3O2. The summed E-state index contributed by atoms with van der Waals surface area (Å²) in [5.74, 6) is 0.439. The van der Waals surface area contributed by atoms with Gasteiger partial charge in [0.2, 0.25) is 11.8 Å². The average molecular weight is 269 g/mol. The molecule has 1 aliphatic rings. The molecule has 0 saturated carbocycles. The summed E-state index contributed by atoms with van der Waals surface area (Å²) >= 11 is 0. The molecule has 1 rings (SSSR count). The number of hydrogen-bond donors (Lipinski definition) is 2. The Balaban J connectivity index is 2.50.